The molecule has 0 amide bonds. The molecule has 0 saturated carbocycles. The van der Waals surface area contributed by atoms with Crippen LogP contribution < -0.4 is 5.30 Å². The zero-order valence-electron chi connectivity index (χ0n) is 21.8. The maximum Gasteiger partial charge on any atom is 0.424 e. The van der Waals surface area contributed by atoms with E-state index in [-0.39, 0.29) is 58.0 Å². The van der Waals surface area contributed by atoms with Gasteiger partial charge < -0.3 is 9.47 Å². The number of rotatable bonds is 4. The maximum atomic E-state index is 14.4. The third-order valence-corrected chi connectivity index (χ3v) is 7.02. The quantitative estimate of drug-likeness (QED) is 0.100. The van der Waals surface area contributed by atoms with Gasteiger partial charge in [0.15, 0.2) is 5.57 Å². The van der Waals surface area contributed by atoms with Crippen LogP contribution in [0.15, 0.2) is 53.6 Å². The largest absolute Gasteiger partial charge is 0.462 e. The maximum absolute atomic E-state index is 14.4. The monoisotopic (exact) mass is 609 g/mol. The van der Waals surface area contributed by atoms with Gasteiger partial charge in [-0.1, -0.05) is 12.1 Å². The Balaban J connectivity index is 1.95. The number of carbonyl (C=O) groups is 2. The van der Waals surface area contributed by atoms with Crippen molar-refractivity contribution in [2.24, 2.45) is 0 Å². The number of esters is 2. The highest BCUT2D eigenvalue weighted by Crippen LogP contribution is 2.54. The van der Waals surface area contributed by atoms with Crippen LogP contribution >= 0.6 is 9.24 Å². The molecule has 5 rings (SSSR count). The molecule has 0 spiro atoms. The topological polar surface area (TPSA) is 65.5 Å². The number of hydrogen-bond acceptors (Lipinski definition) is 5. The molecule has 1 atom stereocenters. The number of benzene rings is 2. The second kappa shape index (κ2) is 10.3. The van der Waals surface area contributed by atoms with Gasteiger partial charge in [-0.25, -0.2) is 19.0 Å². The van der Waals surface area contributed by atoms with E-state index in [2.05, 4.69) is 19.0 Å². The standard InChI is InChI=1S/C29H19F7NO4P/c1-3-40-26(38)22(28(31,32)33)20-16-9-12(30)5-7-15(16)24-19(20)11-18-14-8-6-13(42)10-17(14)21(25(18)37-24)23(29(34,35)36)27(39)41-4-2/h5-11H,3-4,42H2,1-2H3/b22-20+,23-21-. The van der Waals surface area contributed by atoms with Crippen molar-refractivity contribution < 1.29 is 49.8 Å². The van der Waals surface area contributed by atoms with E-state index in [0.29, 0.717) is 5.30 Å². The number of nitrogens with zero attached hydrogens (tertiary/aromatic N) is 1. The van der Waals surface area contributed by atoms with Gasteiger partial charge in [0.25, 0.3) is 0 Å². The summed E-state index contributed by atoms with van der Waals surface area (Å²) in [6.45, 7) is 1.91. The normalized spacial score (nSPS) is 15.9. The molecule has 0 aliphatic heterocycles. The molecule has 0 fully saturated rings. The van der Waals surface area contributed by atoms with Gasteiger partial charge >= 0.3 is 24.3 Å². The van der Waals surface area contributed by atoms with Crippen molar-refractivity contribution in [1.29, 1.82) is 0 Å². The third kappa shape index (κ3) is 4.77. The van der Waals surface area contributed by atoms with Crippen LogP contribution in [0.25, 0.3) is 33.5 Å². The summed E-state index contributed by atoms with van der Waals surface area (Å²) >= 11 is 0. The highest BCUT2D eigenvalue weighted by atomic mass is 31.0. The highest BCUT2D eigenvalue weighted by Gasteiger charge is 2.48. The average Bonchev–Trinajstić information content (AvgIpc) is 3.33. The summed E-state index contributed by atoms with van der Waals surface area (Å²) in [4.78, 5) is 29.7. The molecule has 1 unspecified atom stereocenters. The predicted octanol–water partition coefficient (Wildman–Crippen LogP) is 6.54. The molecule has 0 bridgehead atoms. The zero-order valence-corrected chi connectivity index (χ0v) is 22.9. The summed E-state index contributed by atoms with van der Waals surface area (Å²) in [6, 6.07) is 8.38. The molecule has 0 saturated heterocycles. The number of pyridine rings is 1. The minimum atomic E-state index is -5.25. The van der Waals surface area contributed by atoms with Crippen LogP contribution in [0, 0.1) is 5.82 Å². The van der Waals surface area contributed by atoms with Gasteiger partial charge in [-0.05, 0) is 66.2 Å². The van der Waals surface area contributed by atoms with Crippen LogP contribution in [0.4, 0.5) is 30.7 Å². The molecule has 0 radical (unpaired) electrons. The van der Waals surface area contributed by atoms with Gasteiger partial charge in [0, 0.05) is 27.8 Å². The lowest BCUT2D eigenvalue weighted by Gasteiger charge is -2.16. The van der Waals surface area contributed by atoms with Crippen molar-refractivity contribution in [2.45, 2.75) is 26.2 Å². The molecule has 218 valence electrons. The Morgan fingerprint density at radius 2 is 1.24 bits per heavy atom. The van der Waals surface area contributed by atoms with E-state index in [4.69, 9.17) is 4.74 Å². The molecule has 42 heavy (non-hydrogen) atoms. The first-order valence-electron chi connectivity index (χ1n) is 12.4. The van der Waals surface area contributed by atoms with Gasteiger partial charge in [-0.3, -0.25) is 0 Å². The van der Waals surface area contributed by atoms with Crippen LogP contribution in [0.2, 0.25) is 0 Å². The van der Waals surface area contributed by atoms with E-state index in [9.17, 15) is 40.3 Å². The van der Waals surface area contributed by atoms with E-state index in [0.717, 1.165) is 18.2 Å². The fourth-order valence-corrected chi connectivity index (χ4v) is 5.42. The Hall–Kier alpha value is -4.05. The van der Waals surface area contributed by atoms with Gasteiger partial charge in [-0.2, -0.15) is 26.3 Å². The van der Waals surface area contributed by atoms with Crippen molar-refractivity contribution in [3.63, 3.8) is 0 Å². The Morgan fingerprint density at radius 1 is 0.690 bits per heavy atom. The van der Waals surface area contributed by atoms with Crippen LogP contribution in [-0.4, -0.2) is 42.5 Å². The summed E-state index contributed by atoms with van der Waals surface area (Å²) in [6.07, 6.45) is -10.5. The number of halogens is 7. The smallest absolute Gasteiger partial charge is 0.424 e. The molecule has 3 aromatic rings. The number of aromatic nitrogens is 1. The summed E-state index contributed by atoms with van der Waals surface area (Å²) in [7, 11) is 2.32. The molecule has 2 aliphatic rings. The van der Waals surface area contributed by atoms with Crippen LogP contribution in [0.3, 0.4) is 0 Å². The van der Waals surface area contributed by atoms with Gasteiger partial charge in [0.2, 0.25) is 0 Å². The Labute approximate surface area is 236 Å². The third-order valence-electron chi connectivity index (χ3n) is 6.66. The Bertz CT molecular complexity index is 1610. The SMILES string of the molecule is CCOC(=O)/C(=C1\c2cc(P)ccc2-c2cc3c(nc21)-c1ccc(F)cc1/C3=C(/C(=O)OCC)C(F)(F)F)C(F)(F)F. The summed E-state index contributed by atoms with van der Waals surface area (Å²) in [5.41, 5.74) is -5.81. The highest BCUT2D eigenvalue weighted by molar-refractivity contribution is 7.27. The Kier molecular flexibility index (Phi) is 7.25. The van der Waals surface area contributed by atoms with Crippen LogP contribution in [0.5, 0.6) is 0 Å². The first kappa shape index (κ1) is 29.4. The van der Waals surface area contributed by atoms with Crippen molar-refractivity contribution >= 4 is 37.6 Å². The second-order valence-corrected chi connectivity index (χ2v) is 9.88. The van der Waals surface area contributed by atoms with E-state index in [1.54, 1.807) is 6.07 Å². The molecule has 1 heterocycles. The number of ether oxygens (including phenoxy) is 2. The van der Waals surface area contributed by atoms with Gasteiger partial charge in [-0.15, -0.1) is 9.24 Å². The number of carbonyl (C=O) groups excluding carboxylic acids is 2. The first-order chi connectivity index (χ1) is 19.7. The molecule has 0 N–H and O–H groups in total. The number of alkyl halides is 6. The molecular formula is C29H19F7NO4P. The van der Waals surface area contributed by atoms with Crippen molar-refractivity contribution in [1.82, 2.24) is 4.98 Å². The number of hydrogen-bond donors (Lipinski definition) is 0. The molecule has 5 nitrogen and oxygen atoms in total. The fraction of sp³-hybridized carbons (Fsp3) is 0.207. The molecule has 2 aromatic carbocycles. The molecule has 2 aliphatic carbocycles. The van der Waals surface area contributed by atoms with Crippen molar-refractivity contribution in [2.75, 3.05) is 13.2 Å². The lowest BCUT2D eigenvalue weighted by molar-refractivity contribution is -0.151. The molecular weight excluding hydrogens is 590 g/mol. The first-order valence-corrected chi connectivity index (χ1v) is 13.0. The summed E-state index contributed by atoms with van der Waals surface area (Å²) < 4.78 is 110. The lowest BCUT2D eigenvalue weighted by Crippen LogP contribution is -2.24. The van der Waals surface area contributed by atoms with E-state index >= 15 is 0 Å². The van der Waals surface area contributed by atoms with E-state index in [1.807, 2.05) is 0 Å². The average molecular weight is 609 g/mol. The van der Waals surface area contributed by atoms with E-state index < -0.39 is 52.4 Å². The predicted molar refractivity (Wildman–Crippen MR) is 142 cm³/mol. The minimum Gasteiger partial charge on any atom is -0.462 e. The van der Waals surface area contributed by atoms with Crippen LogP contribution in [0.1, 0.15) is 36.2 Å². The van der Waals surface area contributed by atoms with Crippen LogP contribution in [-0.2, 0) is 19.1 Å². The minimum absolute atomic E-state index is 0.0223. The fourth-order valence-electron chi connectivity index (χ4n) is 5.16. The number of fused-ring (bicyclic) bond motifs is 6. The van der Waals surface area contributed by atoms with Crippen molar-refractivity contribution in [3.05, 3.63) is 81.8 Å². The summed E-state index contributed by atoms with van der Waals surface area (Å²) in [5.74, 6) is -4.28. The lowest BCUT2D eigenvalue weighted by atomic mass is 9.96. The zero-order chi connectivity index (χ0) is 30.7. The Morgan fingerprint density at radius 3 is 1.81 bits per heavy atom. The molecule has 13 heteroatoms. The molecule has 1 aromatic heterocycles. The van der Waals surface area contributed by atoms with Gasteiger partial charge in [0.1, 0.15) is 11.4 Å². The summed E-state index contributed by atoms with van der Waals surface area (Å²) in [5, 5.41) is 0.458. The van der Waals surface area contributed by atoms with Crippen molar-refractivity contribution in [3.8, 4) is 22.4 Å². The van der Waals surface area contributed by atoms with Gasteiger partial charge in [0.05, 0.1) is 24.6 Å². The second-order valence-electron chi connectivity index (χ2n) is 9.21. The van der Waals surface area contributed by atoms with E-state index in [1.165, 1.54) is 32.0 Å².